The maximum absolute atomic E-state index is 11.7. The minimum atomic E-state index is -0.966. The lowest BCUT2D eigenvalue weighted by molar-refractivity contribution is -0.169. The number of hydrogen-bond acceptors (Lipinski definition) is 5. The first kappa shape index (κ1) is 15.7. The van der Waals surface area contributed by atoms with Crippen molar-refractivity contribution in [2.75, 3.05) is 6.61 Å². The molecule has 112 valence electrons. The fourth-order valence-electron chi connectivity index (χ4n) is 1.70. The number of nitrogens with zero attached hydrogens (tertiary/aromatic N) is 1. The number of rotatable bonds is 6. The number of hydrogen-bond donors (Lipinski definition) is 0. The van der Waals surface area contributed by atoms with E-state index >= 15 is 0 Å². The molecule has 0 radical (unpaired) electrons. The van der Waals surface area contributed by atoms with E-state index in [0.717, 1.165) is 16.3 Å². The van der Waals surface area contributed by atoms with Gasteiger partial charge in [-0.3, -0.25) is 0 Å². The summed E-state index contributed by atoms with van der Waals surface area (Å²) in [6.45, 7) is 5.82. The summed E-state index contributed by atoms with van der Waals surface area (Å²) in [5, 5.41) is 2.90. The molecule has 1 aromatic carbocycles. The summed E-state index contributed by atoms with van der Waals surface area (Å²) >= 11 is 1.56. The van der Waals surface area contributed by atoms with Gasteiger partial charge in [0.25, 0.3) is 0 Å². The van der Waals surface area contributed by atoms with Crippen LogP contribution in [-0.2, 0) is 20.9 Å². The summed E-state index contributed by atoms with van der Waals surface area (Å²) in [5.74, 6) is -0.358. The third-order valence-corrected chi connectivity index (χ3v) is 3.86. The predicted molar refractivity (Wildman–Crippen MR) is 83.1 cm³/mol. The normalized spacial score (nSPS) is 11.4. The molecule has 0 unspecified atom stereocenters. The zero-order valence-electron chi connectivity index (χ0n) is 12.5. The van der Waals surface area contributed by atoms with Crippen LogP contribution < -0.4 is 0 Å². The Kier molecular flexibility index (Phi) is 5.09. The van der Waals surface area contributed by atoms with Crippen molar-refractivity contribution in [2.45, 2.75) is 33.0 Å². The summed E-state index contributed by atoms with van der Waals surface area (Å²) < 4.78 is 10.6. The van der Waals surface area contributed by atoms with Crippen LogP contribution in [0.2, 0.25) is 0 Å². The molecule has 5 heteroatoms. The lowest BCUT2D eigenvalue weighted by atomic mass is 10.1. The highest BCUT2D eigenvalue weighted by Crippen LogP contribution is 2.24. The van der Waals surface area contributed by atoms with E-state index in [1.54, 1.807) is 32.1 Å². The van der Waals surface area contributed by atoms with Crippen molar-refractivity contribution in [1.29, 1.82) is 0 Å². The van der Waals surface area contributed by atoms with Crippen LogP contribution in [0.3, 0.4) is 0 Å². The molecule has 1 aromatic heterocycles. The van der Waals surface area contributed by atoms with Crippen molar-refractivity contribution in [1.82, 2.24) is 4.98 Å². The zero-order chi connectivity index (χ0) is 15.3. The van der Waals surface area contributed by atoms with Crippen LogP contribution in [0.25, 0.3) is 10.6 Å². The molecule has 0 bridgehead atoms. The summed E-state index contributed by atoms with van der Waals surface area (Å²) in [6, 6.07) is 9.98. The van der Waals surface area contributed by atoms with Crippen LogP contribution in [0.1, 0.15) is 26.5 Å². The van der Waals surface area contributed by atoms with Gasteiger partial charge < -0.3 is 9.47 Å². The van der Waals surface area contributed by atoms with Gasteiger partial charge in [0.15, 0.2) is 5.60 Å². The van der Waals surface area contributed by atoms with Crippen LogP contribution in [0.4, 0.5) is 0 Å². The lowest BCUT2D eigenvalue weighted by Gasteiger charge is -2.22. The first-order chi connectivity index (χ1) is 10.0. The molecule has 1 heterocycles. The minimum Gasteiger partial charge on any atom is -0.464 e. The number of carbonyl (C=O) groups excluding carboxylic acids is 1. The SMILES string of the molecule is CCOC(=O)C(C)(C)OCc1csc(-c2ccccc2)n1. The van der Waals surface area contributed by atoms with Crippen LogP contribution >= 0.6 is 11.3 Å². The minimum absolute atomic E-state index is 0.287. The van der Waals surface area contributed by atoms with Gasteiger partial charge in [-0.15, -0.1) is 11.3 Å². The van der Waals surface area contributed by atoms with Gasteiger partial charge in [0.05, 0.1) is 18.9 Å². The third-order valence-electron chi connectivity index (χ3n) is 2.92. The van der Waals surface area contributed by atoms with E-state index in [0.29, 0.717) is 6.61 Å². The maximum Gasteiger partial charge on any atom is 0.337 e. The van der Waals surface area contributed by atoms with E-state index in [1.165, 1.54) is 0 Å². The second-order valence-electron chi connectivity index (χ2n) is 5.03. The van der Waals surface area contributed by atoms with Gasteiger partial charge in [-0.05, 0) is 20.8 Å². The fraction of sp³-hybridized carbons (Fsp3) is 0.375. The number of ether oxygens (including phenoxy) is 2. The fourth-order valence-corrected chi connectivity index (χ4v) is 2.52. The van der Waals surface area contributed by atoms with E-state index in [1.807, 2.05) is 35.7 Å². The molecule has 0 aliphatic carbocycles. The van der Waals surface area contributed by atoms with Crippen LogP contribution in [0.15, 0.2) is 35.7 Å². The van der Waals surface area contributed by atoms with Crippen LogP contribution in [0.5, 0.6) is 0 Å². The monoisotopic (exact) mass is 305 g/mol. The Morgan fingerprint density at radius 1 is 1.29 bits per heavy atom. The third kappa shape index (κ3) is 4.12. The van der Waals surface area contributed by atoms with Gasteiger partial charge in [-0.2, -0.15) is 0 Å². The topological polar surface area (TPSA) is 48.4 Å². The van der Waals surface area contributed by atoms with E-state index in [9.17, 15) is 4.79 Å². The smallest absolute Gasteiger partial charge is 0.337 e. The number of carbonyl (C=O) groups is 1. The summed E-state index contributed by atoms with van der Waals surface area (Å²) in [7, 11) is 0. The van der Waals surface area contributed by atoms with Crippen molar-refractivity contribution in [3.8, 4) is 10.6 Å². The second-order valence-corrected chi connectivity index (χ2v) is 5.89. The first-order valence-corrected chi connectivity index (χ1v) is 7.72. The highest BCUT2D eigenvalue weighted by molar-refractivity contribution is 7.13. The molecule has 0 aliphatic rings. The van der Waals surface area contributed by atoms with Crippen molar-refractivity contribution >= 4 is 17.3 Å². The molecule has 4 nitrogen and oxygen atoms in total. The molecule has 0 saturated heterocycles. The highest BCUT2D eigenvalue weighted by Gasteiger charge is 2.30. The molecule has 0 atom stereocenters. The van der Waals surface area contributed by atoms with E-state index in [4.69, 9.17) is 9.47 Å². The van der Waals surface area contributed by atoms with Crippen LogP contribution in [-0.4, -0.2) is 23.2 Å². The average molecular weight is 305 g/mol. The van der Waals surface area contributed by atoms with Gasteiger partial charge in [0, 0.05) is 10.9 Å². The van der Waals surface area contributed by atoms with Gasteiger partial charge >= 0.3 is 5.97 Å². The van der Waals surface area contributed by atoms with E-state index in [2.05, 4.69) is 4.98 Å². The number of thiazole rings is 1. The molecular weight excluding hydrogens is 286 g/mol. The predicted octanol–water partition coefficient (Wildman–Crippen LogP) is 3.67. The molecule has 0 aliphatic heterocycles. The molecule has 0 amide bonds. The molecule has 0 N–H and O–H groups in total. The Balaban J connectivity index is 1.99. The zero-order valence-corrected chi connectivity index (χ0v) is 13.3. The van der Waals surface area contributed by atoms with Crippen LogP contribution in [0, 0.1) is 0 Å². The Bertz CT molecular complexity index is 593. The van der Waals surface area contributed by atoms with Gasteiger partial charge in [-0.1, -0.05) is 30.3 Å². The van der Waals surface area contributed by atoms with Gasteiger partial charge in [0.1, 0.15) is 5.01 Å². The molecule has 2 rings (SSSR count). The molecule has 0 saturated carbocycles. The van der Waals surface area contributed by atoms with Crippen molar-refractivity contribution in [3.05, 3.63) is 41.4 Å². The Morgan fingerprint density at radius 3 is 2.67 bits per heavy atom. The summed E-state index contributed by atoms with van der Waals surface area (Å²) in [6.07, 6.45) is 0. The van der Waals surface area contributed by atoms with Crippen molar-refractivity contribution in [3.63, 3.8) is 0 Å². The summed E-state index contributed by atoms with van der Waals surface area (Å²) in [5.41, 5.74) is 0.932. The molecule has 0 fully saturated rings. The first-order valence-electron chi connectivity index (χ1n) is 6.84. The van der Waals surface area contributed by atoms with E-state index in [-0.39, 0.29) is 12.6 Å². The average Bonchev–Trinajstić information content (AvgIpc) is 2.95. The standard InChI is InChI=1S/C16H19NO3S/c1-4-19-15(18)16(2,3)20-10-13-11-21-14(17-13)12-8-6-5-7-9-12/h5-9,11H,4,10H2,1-3H3. The molecular formula is C16H19NO3S. The molecule has 21 heavy (non-hydrogen) atoms. The number of benzene rings is 1. The van der Waals surface area contributed by atoms with E-state index < -0.39 is 5.60 Å². The highest BCUT2D eigenvalue weighted by atomic mass is 32.1. The summed E-state index contributed by atoms with van der Waals surface area (Å²) in [4.78, 5) is 16.3. The van der Waals surface area contributed by atoms with Gasteiger partial charge in [0.2, 0.25) is 0 Å². The molecule has 2 aromatic rings. The second kappa shape index (κ2) is 6.83. The lowest BCUT2D eigenvalue weighted by Crippen LogP contribution is -2.36. The quantitative estimate of drug-likeness (QED) is 0.764. The van der Waals surface area contributed by atoms with Crippen molar-refractivity contribution in [2.24, 2.45) is 0 Å². The Morgan fingerprint density at radius 2 is 2.00 bits per heavy atom. The maximum atomic E-state index is 11.7. The Labute approximate surface area is 128 Å². The van der Waals surface area contributed by atoms with Gasteiger partial charge in [-0.25, -0.2) is 9.78 Å². The Hall–Kier alpha value is -1.72. The number of aromatic nitrogens is 1. The largest absolute Gasteiger partial charge is 0.464 e. The van der Waals surface area contributed by atoms with Crippen molar-refractivity contribution < 1.29 is 14.3 Å². The molecule has 0 spiro atoms. The number of esters is 1.